The first-order valence-corrected chi connectivity index (χ1v) is 4.71. The Bertz CT molecular complexity index is 533. The second-order valence-electron chi connectivity index (χ2n) is 2.74. The van der Waals surface area contributed by atoms with Gasteiger partial charge in [-0.3, -0.25) is 0 Å². The molecule has 0 fully saturated rings. The number of hydrogen-bond donors (Lipinski definition) is 0. The fourth-order valence-corrected chi connectivity index (χ4v) is 1.48. The second-order valence-corrected chi connectivity index (χ2v) is 3.36. The van der Waals surface area contributed by atoms with Gasteiger partial charge in [0, 0.05) is 16.6 Å². The molecule has 0 aliphatic carbocycles. The van der Waals surface area contributed by atoms with Crippen LogP contribution in [0.3, 0.4) is 0 Å². The smallest absolute Gasteiger partial charge is 0.163 e. The first-order valence-electron chi connectivity index (χ1n) is 3.93. The minimum absolute atomic E-state index is 0.565. The van der Waals surface area contributed by atoms with Crippen molar-refractivity contribution in [2.45, 2.75) is 0 Å². The van der Waals surface area contributed by atoms with Crippen molar-refractivity contribution < 1.29 is 0 Å². The third-order valence-corrected chi connectivity index (χ3v) is 2.16. The van der Waals surface area contributed by atoms with E-state index in [1.54, 1.807) is 6.20 Å². The number of nitrogens with zero attached hydrogens (tertiary/aromatic N) is 2. The van der Waals surface area contributed by atoms with Gasteiger partial charge >= 0.3 is 0 Å². The Balaban J connectivity index is 2.67. The Morgan fingerprint density at radius 2 is 2.14 bits per heavy atom. The number of aromatic nitrogens is 1. The molecule has 0 saturated heterocycles. The molecule has 0 saturated carbocycles. The van der Waals surface area contributed by atoms with Crippen molar-refractivity contribution in [3.63, 3.8) is 0 Å². The second kappa shape index (κ2) is 3.84. The van der Waals surface area contributed by atoms with E-state index in [9.17, 15) is 0 Å². The summed E-state index contributed by atoms with van der Waals surface area (Å²) < 4.78 is 0. The van der Waals surface area contributed by atoms with E-state index in [0.717, 1.165) is 10.8 Å². The SMILES string of the molecule is S=C=Nc1cc2ccc(Cl)cc2cn1. The van der Waals surface area contributed by atoms with Crippen molar-refractivity contribution in [2.24, 2.45) is 4.99 Å². The Hall–Kier alpha value is -1.28. The van der Waals surface area contributed by atoms with E-state index in [2.05, 4.69) is 27.4 Å². The van der Waals surface area contributed by atoms with Crippen LogP contribution in [-0.4, -0.2) is 10.1 Å². The highest BCUT2D eigenvalue weighted by molar-refractivity contribution is 7.78. The minimum Gasteiger partial charge on any atom is -0.236 e. The molecule has 2 aromatic rings. The van der Waals surface area contributed by atoms with Crippen molar-refractivity contribution >= 4 is 45.6 Å². The quantitative estimate of drug-likeness (QED) is 0.542. The van der Waals surface area contributed by atoms with Crippen molar-refractivity contribution in [3.8, 4) is 0 Å². The zero-order chi connectivity index (χ0) is 9.97. The largest absolute Gasteiger partial charge is 0.236 e. The molecule has 0 bridgehead atoms. The summed E-state index contributed by atoms with van der Waals surface area (Å²) in [4.78, 5) is 7.88. The number of thiocarbonyl (C=S) groups is 1. The zero-order valence-electron chi connectivity index (χ0n) is 7.07. The molecule has 2 nitrogen and oxygen atoms in total. The molecule has 0 amide bonds. The molecule has 1 heterocycles. The van der Waals surface area contributed by atoms with Gasteiger partial charge < -0.3 is 0 Å². The van der Waals surface area contributed by atoms with Gasteiger partial charge in [-0.05, 0) is 35.8 Å². The van der Waals surface area contributed by atoms with Crippen LogP contribution < -0.4 is 0 Å². The standard InChI is InChI=1S/C10H5ClN2S/c11-9-2-1-7-4-10(13-6-14)12-5-8(7)3-9/h1-5H. The van der Waals surface area contributed by atoms with Gasteiger partial charge in [0.25, 0.3) is 0 Å². The molecular formula is C10H5ClN2S. The van der Waals surface area contributed by atoms with Gasteiger partial charge in [0.1, 0.15) is 0 Å². The lowest BCUT2D eigenvalue weighted by Gasteiger charge is -1.97. The average Bonchev–Trinajstić information content (AvgIpc) is 2.19. The Labute approximate surface area is 91.3 Å². The highest BCUT2D eigenvalue weighted by Gasteiger charge is 1.96. The fourth-order valence-electron chi connectivity index (χ4n) is 1.21. The van der Waals surface area contributed by atoms with Crippen LogP contribution in [0.2, 0.25) is 5.02 Å². The third-order valence-electron chi connectivity index (χ3n) is 1.83. The summed E-state index contributed by atoms with van der Waals surface area (Å²) in [5.74, 6) is 0.565. The van der Waals surface area contributed by atoms with Crippen LogP contribution in [0.1, 0.15) is 0 Å². The zero-order valence-corrected chi connectivity index (χ0v) is 8.64. The summed E-state index contributed by atoms with van der Waals surface area (Å²) in [6.45, 7) is 0. The maximum Gasteiger partial charge on any atom is 0.163 e. The molecule has 0 radical (unpaired) electrons. The Kier molecular flexibility index (Phi) is 2.55. The van der Waals surface area contributed by atoms with Gasteiger partial charge in [-0.25, -0.2) is 4.98 Å². The van der Waals surface area contributed by atoms with Crippen molar-refractivity contribution in [2.75, 3.05) is 0 Å². The minimum atomic E-state index is 0.565. The molecule has 0 aliphatic rings. The molecular weight excluding hydrogens is 216 g/mol. The number of aliphatic imine (C=N–C) groups is 1. The van der Waals surface area contributed by atoms with E-state index in [4.69, 9.17) is 11.6 Å². The number of rotatable bonds is 1. The first-order chi connectivity index (χ1) is 6.79. The summed E-state index contributed by atoms with van der Waals surface area (Å²) in [5.41, 5.74) is 0. The highest BCUT2D eigenvalue weighted by Crippen LogP contribution is 2.21. The molecule has 4 heteroatoms. The monoisotopic (exact) mass is 220 g/mol. The van der Waals surface area contributed by atoms with E-state index in [-0.39, 0.29) is 0 Å². The van der Waals surface area contributed by atoms with Gasteiger partial charge in [-0.2, -0.15) is 4.99 Å². The molecule has 0 atom stereocenters. The van der Waals surface area contributed by atoms with Gasteiger partial charge in [0.2, 0.25) is 0 Å². The van der Waals surface area contributed by atoms with Crippen LogP contribution in [0.15, 0.2) is 35.5 Å². The van der Waals surface area contributed by atoms with Crippen molar-refractivity contribution in [1.82, 2.24) is 4.98 Å². The number of hydrogen-bond acceptors (Lipinski definition) is 3. The number of benzene rings is 1. The van der Waals surface area contributed by atoms with E-state index >= 15 is 0 Å². The van der Waals surface area contributed by atoms with Crippen molar-refractivity contribution in [1.29, 1.82) is 0 Å². The fraction of sp³-hybridized carbons (Fsp3) is 0. The molecule has 0 spiro atoms. The van der Waals surface area contributed by atoms with E-state index in [1.165, 1.54) is 0 Å². The summed E-state index contributed by atoms with van der Waals surface area (Å²) in [6, 6.07) is 7.44. The maximum atomic E-state index is 5.84. The summed E-state index contributed by atoms with van der Waals surface area (Å²) in [7, 11) is 0. The molecule has 14 heavy (non-hydrogen) atoms. The van der Waals surface area contributed by atoms with Crippen LogP contribution in [0.25, 0.3) is 10.8 Å². The van der Waals surface area contributed by atoms with Crippen LogP contribution in [-0.2, 0) is 0 Å². The summed E-state index contributed by atoms with van der Waals surface area (Å²) in [6.07, 6.45) is 1.72. The summed E-state index contributed by atoms with van der Waals surface area (Å²) in [5, 5.41) is 5.00. The Morgan fingerprint density at radius 1 is 1.29 bits per heavy atom. The molecule has 2 rings (SSSR count). The van der Waals surface area contributed by atoms with Gasteiger partial charge in [-0.15, -0.1) is 0 Å². The lowest BCUT2D eigenvalue weighted by atomic mass is 10.2. The number of fused-ring (bicyclic) bond motifs is 1. The predicted molar refractivity (Wildman–Crippen MR) is 61.4 cm³/mol. The van der Waals surface area contributed by atoms with Crippen LogP contribution >= 0.6 is 23.8 Å². The van der Waals surface area contributed by atoms with E-state index in [0.29, 0.717) is 10.8 Å². The van der Waals surface area contributed by atoms with Gasteiger partial charge in [0.15, 0.2) is 5.82 Å². The topological polar surface area (TPSA) is 25.2 Å². The summed E-state index contributed by atoms with van der Waals surface area (Å²) >= 11 is 10.3. The molecule has 0 N–H and O–H groups in total. The third kappa shape index (κ3) is 1.80. The van der Waals surface area contributed by atoms with Crippen LogP contribution in [0.4, 0.5) is 5.82 Å². The van der Waals surface area contributed by atoms with E-state index in [1.807, 2.05) is 24.3 Å². The Morgan fingerprint density at radius 3 is 2.93 bits per heavy atom. The van der Waals surface area contributed by atoms with Crippen LogP contribution in [0.5, 0.6) is 0 Å². The number of halogens is 1. The first kappa shape index (κ1) is 9.28. The molecule has 1 aromatic heterocycles. The van der Waals surface area contributed by atoms with Gasteiger partial charge in [0.05, 0.1) is 5.16 Å². The molecule has 68 valence electrons. The normalized spacial score (nSPS) is 9.79. The number of pyridine rings is 1. The van der Waals surface area contributed by atoms with Crippen molar-refractivity contribution in [3.05, 3.63) is 35.5 Å². The van der Waals surface area contributed by atoms with E-state index < -0.39 is 0 Å². The molecule has 0 unspecified atom stereocenters. The highest BCUT2D eigenvalue weighted by atomic mass is 35.5. The average molecular weight is 221 g/mol. The molecule has 1 aromatic carbocycles. The van der Waals surface area contributed by atoms with Gasteiger partial charge in [-0.1, -0.05) is 17.7 Å². The lowest BCUT2D eigenvalue weighted by Crippen LogP contribution is -1.76. The lowest BCUT2D eigenvalue weighted by molar-refractivity contribution is 1.31. The maximum absolute atomic E-state index is 5.84. The molecule has 0 aliphatic heterocycles. The number of isothiocyanates is 1. The van der Waals surface area contributed by atoms with Crippen LogP contribution in [0, 0.1) is 0 Å². The predicted octanol–water partition coefficient (Wildman–Crippen LogP) is 3.62.